The molecule has 28 heavy (non-hydrogen) atoms. The Morgan fingerprint density at radius 1 is 1.18 bits per heavy atom. The van der Waals surface area contributed by atoms with Crippen molar-refractivity contribution >= 4 is 11.8 Å². The van der Waals surface area contributed by atoms with E-state index in [0.717, 1.165) is 19.6 Å². The van der Waals surface area contributed by atoms with Gasteiger partial charge < -0.3 is 16.0 Å². The molecule has 0 aromatic heterocycles. The van der Waals surface area contributed by atoms with Gasteiger partial charge in [-0.15, -0.1) is 0 Å². The Morgan fingerprint density at radius 3 is 2.29 bits per heavy atom. The summed E-state index contributed by atoms with van der Waals surface area (Å²) in [4.78, 5) is 29.0. The van der Waals surface area contributed by atoms with Gasteiger partial charge >= 0.3 is 0 Å². The minimum atomic E-state index is -0.586. The second-order valence-electron chi connectivity index (χ2n) is 8.62. The summed E-state index contributed by atoms with van der Waals surface area (Å²) < 4.78 is 0. The van der Waals surface area contributed by atoms with Crippen LogP contribution in [-0.4, -0.2) is 60.4 Å². The number of hydrogen-bond donors (Lipinski definition) is 2. The summed E-state index contributed by atoms with van der Waals surface area (Å²) in [6.07, 6.45) is 0. The summed E-state index contributed by atoms with van der Waals surface area (Å²) in [5, 5.41) is 2.69. The monoisotopic (exact) mass is 388 g/mol. The van der Waals surface area contributed by atoms with E-state index >= 15 is 0 Å². The van der Waals surface area contributed by atoms with Gasteiger partial charge in [-0.05, 0) is 23.3 Å². The maximum absolute atomic E-state index is 12.7. The summed E-state index contributed by atoms with van der Waals surface area (Å²) in [5.41, 5.74) is 7.16. The van der Waals surface area contributed by atoms with Crippen LogP contribution in [0.2, 0.25) is 0 Å². The molecular formula is C22H36N4O2. The van der Waals surface area contributed by atoms with Gasteiger partial charge in [0.25, 0.3) is 0 Å². The summed E-state index contributed by atoms with van der Waals surface area (Å²) in [6.45, 7) is 11.0. The third-order valence-corrected chi connectivity index (χ3v) is 5.78. The van der Waals surface area contributed by atoms with Crippen molar-refractivity contribution in [3.05, 3.63) is 35.9 Å². The average molecular weight is 389 g/mol. The third kappa shape index (κ3) is 5.79. The zero-order valence-corrected chi connectivity index (χ0v) is 17.9. The molecule has 1 heterocycles. The molecule has 3 N–H and O–H groups in total. The van der Waals surface area contributed by atoms with Crippen LogP contribution < -0.4 is 11.1 Å². The van der Waals surface area contributed by atoms with Crippen molar-refractivity contribution in [2.24, 2.45) is 23.5 Å². The molecule has 0 bridgehead atoms. The van der Waals surface area contributed by atoms with Crippen molar-refractivity contribution in [2.75, 3.05) is 26.7 Å². The van der Waals surface area contributed by atoms with Gasteiger partial charge in [0.15, 0.2) is 0 Å². The highest BCUT2D eigenvalue weighted by Crippen LogP contribution is 2.27. The standard InChI is InChI=1S/C22H36N4O2/c1-15(2)20(23)22(28)24-11-19(27)25(5)21-16(3)12-26(13-17(21)4)14-18-9-7-6-8-10-18/h6-10,15-17,20-21H,11-14,23H2,1-5H3,(H,24,28)/t16?,17?,20-,21?/m0/s1. The first-order chi connectivity index (χ1) is 13.2. The van der Waals surface area contributed by atoms with Crippen molar-refractivity contribution in [1.29, 1.82) is 0 Å². The molecular weight excluding hydrogens is 352 g/mol. The fourth-order valence-corrected chi connectivity index (χ4v) is 4.27. The number of rotatable bonds is 7. The SMILES string of the molecule is CC1CN(Cc2ccccc2)CC(C)C1N(C)C(=O)CNC(=O)[C@@H](N)C(C)C. The molecule has 2 rings (SSSR count). The summed E-state index contributed by atoms with van der Waals surface area (Å²) >= 11 is 0. The van der Waals surface area contributed by atoms with Crippen LogP contribution in [0.4, 0.5) is 0 Å². The maximum atomic E-state index is 12.7. The first kappa shape index (κ1) is 22.4. The average Bonchev–Trinajstić information content (AvgIpc) is 2.65. The largest absolute Gasteiger partial charge is 0.346 e. The van der Waals surface area contributed by atoms with Gasteiger partial charge in [0, 0.05) is 32.7 Å². The van der Waals surface area contributed by atoms with Crippen LogP contribution in [0, 0.1) is 17.8 Å². The number of likely N-dealkylation sites (N-methyl/N-ethyl adjacent to an activating group) is 1. The summed E-state index contributed by atoms with van der Waals surface area (Å²) in [7, 11) is 1.85. The van der Waals surface area contributed by atoms with E-state index in [4.69, 9.17) is 5.73 Å². The predicted octanol–water partition coefficient (Wildman–Crippen LogP) is 1.70. The normalized spacial score (nSPS) is 24.0. The fourth-order valence-electron chi connectivity index (χ4n) is 4.27. The van der Waals surface area contributed by atoms with Gasteiger partial charge in [-0.25, -0.2) is 0 Å². The van der Waals surface area contributed by atoms with Crippen LogP contribution in [0.1, 0.15) is 33.3 Å². The zero-order valence-electron chi connectivity index (χ0n) is 17.9. The lowest BCUT2D eigenvalue weighted by Crippen LogP contribution is -2.57. The highest BCUT2D eigenvalue weighted by Gasteiger charge is 2.36. The molecule has 156 valence electrons. The van der Waals surface area contributed by atoms with Crippen molar-refractivity contribution in [1.82, 2.24) is 15.1 Å². The minimum absolute atomic E-state index is 0.000572. The lowest BCUT2D eigenvalue weighted by molar-refractivity contribution is -0.137. The quantitative estimate of drug-likeness (QED) is 0.745. The van der Waals surface area contributed by atoms with Gasteiger partial charge in [0.2, 0.25) is 11.8 Å². The van der Waals surface area contributed by atoms with E-state index in [0.29, 0.717) is 11.8 Å². The first-order valence-electron chi connectivity index (χ1n) is 10.3. The third-order valence-electron chi connectivity index (χ3n) is 5.78. The van der Waals surface area contributed by atoms with Crippen LogP contribution in [0.3, 0.4) is 0 Å². The summed E-state index contributed by atoms with van der Waals surface area (Å²) in [5.74, 6) is 0.423. The molecule has 3 atom stereocenters. The van der Waals surface area contributed by atoms with E-state index in [2.05, 4.69) is 48.3 Å². The molecule has 0 spiro atoms. The second-order valence-corrected chi connectivity index (χ2v) is 8.62. The molecule has 1 fully saturated rings. The van der Waals surface area contributed by atoms with Gasteiger partial charge in [-0.1, -0.05) is 58.0 Å². The zero-order chi connectivity index (χ0) is 20.8. The molecule has 2 unspecified atom stereocenters. The van der Waals surface area contributed by atoms with Crippen LogP contribution in [0.15, 0.2) is 30.3 Å². The Balaban J connectivity index is 1.90. The fraction of sp³-hybridized carbons (Fsp3) is 0.636. The molecule has 1 aromatic rings. The van der Waals surface area contributed by atoms with Crippen LogP contribution in [0.5, 0.6) is 0 Å². The predicted molar refractivity (Wildman–Crippen MR) is 112 cm³/mol. The van der Waals surface area contributed by atoms with Gasteiger partial charge in [-0.2, -0.15) is 0 Å². The lowest BCUT2D eigenvalue weighted by atomic mass is 9.84. The molecule has 0 aliphatic carbocycles. The Bertz CT molecular complexity index is 637. The molecule has 1 aliphatic heterocycles. The van der Waals surface area contributed by atoms with Gasteiger partial charge in [0.05, 0.1) is 12.6 Å². The molecule has 2 amide bonds. The number of carbonyl (C=O) groups is 2. The molecule has 0 saturated carbocycles. The first-order valence-corrected chi connectivity index (χ1v) is 10.3. The number of nitrogens with two attached hydrogens (primary N) is 1. The van der Waals surface area contributed by atoms with Crippen molar-refractivity contribution in [3.63, 3.8) is 0 Å². The van der Waals surface area contributed by atoms with E-state index in [1.54, 1.807) is 0 Å². The number of likely N-dealkylation sites (tertiary alicyclic amines) is 1. The highest BCUT2D eigenvalue weighted by molar-refractivity contribution is 5.87. The highest BCUT2D eigenvalue weighted by atomic mass is 16.2. The minimum Gasteiger partial charge on any atom is -0.346 e. The molecule has 1 aliphatic rings. The number of benzene rings is 1. The molecule has 1 saturated heterocycles. The van der Waals surface area contributed by atoms with Crippen molar-refractivity contribution in [3.8, 4) is 0 Å². The number of amides is 2. The van der Waals surface area contributed by atoms with Crippen LogP contribution >= 0.6 is 0 Å². The van der Waals surface area contributed by atoms with Crippen molar-refractivity contribution in [2.45, 2.75) is 46.3 Å². The summed E-state index contributed by atoms with van der Waals surface area (Å²) in [6, 6.07) is 10.1. The maximum Gasteiger partial charge on any atom is 0.241 e. The van der Waals surface area contributed by atoms with Gasteiger partial charge in [-0.3, -0.25) is 14.5 Å². The topological polar surface area (TPSA) is 78.7 Å². The smallest absolute Gasteiger partial charge is 0.241 e. The van der Waals surface area contributed by atoms with Crippen LogP contribution in [0.25, 0.3) is 0 Å². The number of carbonyl (C=O) groups excluding carboxylic acids is 2. The molecule has 1 aromatic carbocycles. The van der Waals surface area contributed by atoms with E-state index in [-0.39, 0.29) is 30.3 Å². The number of hydrogen-bond acceptors (Lipinski definition) is 4. The van der Waals surface area contributed by atoms with Crippen LogP contribution in [-0.2, 0) is 16.1 Å². The molecule has 6 heteroatoms. The lowest BCUT2D eigenvalue weighted by Gasteiger charge is -2.45. The Kier molecular flexibility index (Phi) is 8.01. The van der Waals surface area contributed by atoms with E-state index in [1.165, 1.54) is 5.56 Å². The molecule has 6 nitrogen and oxygen atoms in total. The van der Waals surface area contributed by atoms with Crippen molar-refractivity contribution < 1.29 is 9.59 Å². The number of nitrogens with zero attached hydrogens (tertiary/aromatic N) is 2. The van der Waals surface area contributed by atoms with E-state index in [9.17, 15) is 9.59 Å². The second kappa shape index (κ2) is 10.0. The molecule has 0 radical (unpaired) electrons. The van der Waals surface area contributed by atoms with Gasteiger partial charge in [0.1, 0.15) is 0 Å². The number of nitrogens with one attached hydrogen (secondary N) is 1. The Hall–Kier alpha value is -1.92. The number of piperidine rings is 1. The Morgan fingerprint density at radius 2 is 1.75 bits per heavy atom. The van der Waals surface area contributed by atoms with E-state index in [1.807, 2.05) is 31.9 Å². The Labute approximate surface area is 169 Å². The van der Waals surface area contributed by atoms with E-state index < -0.39 is 6.04 Å².